The number of pyridine rings is 1. The van der Waals surface area contributed by atoms with Crippen LogP contribution in [0.1, 0.15) is 30.1 Å². The molecule has 94 valence electrons. The van der Waals surface area contributed by atoms with Crippen molar-refractivity contribution in [2.24, 2.45) is 0 Å². The van der Waals surface area contributed by atoms with Crippen LogP contribution in [0.15, 0.2) is 18.5 Å². The van der Waals surface area contributed by atoms with Crippen molar-refractivity contribution in [3.8, 4) is 5.75 Å². The van der Waals surface area contributed by atoms with E-state index in [1.165, 1.54) is 13.3 Å². The third-order valence-electron chi connectivity index (χ3n) is 2.40. The van der Waals surface area contributed by atoms with Gasteiger partial charge in [-0.05, 0) is 25.8 Å². The summed E-state index contributed by atoms with van der Waals surface area (Å²) in [5, 5.41) is 3.89. The van der Waals surface area contributed by atoms with E-state index in [2.05, 4.69) is 26.2 Å². The normalized spacial score (nSPS) is 11.9. The van der Waals surface area contributed by atoms with Gasteiger partial charge in [0.05, 0.1) is 18.9 Å². The molecule has 0 aliphatic heterocycles. The molecule has 5 heteroatoms. The molecule has 1 atom stereocenters. The van der Waals surface area contributed by atoms with E-state index in [9.17, 15) is 4.79 Å². The zero-order chi connectivity index (χ0) is 12.7. The Bertz CT molecular complexity index is 371. The van der Waals surface area contributed by atoms with E-state index in [0.717, 1.165) is 18.2 Å². The maximum atomic E-state index is 12.0. The van der Waals surface area contributed by atoms with Crippen molar-refractivity contribution in [2.75, 3.05) is 12.4 Å². The molecule has 1 amide bonds. The maximum Gasteiger partial charge on any atom is 0.255 e. The summed E-state index contributed by atoms with van der Waals surface area (Å²) in [5.41, 5.74) is 0.521. The van der Waals surface area contributed by atoms with Gasteiger partial charge in [-0.3, -0.25) is 9.78 Å². The van der Waals surface area contributed by atoms with Crippen LogP contribution in [0.2, 0.25) is 0 Å². The molecule has 1 aromatic rings. The van der Waals surface area contributed by atoms with Crippen LogP contribution < -0.4 is 10.1 Å². The number of ether oxygens (including phenoxy) is 1. The van der Waals surface area contributed by atoms with Gasteiger partial charge in [0, 0.05) is 17.6 Å². The molecule has 0 aromatic carbocycles. The van der Waals surface area contributed by atoms with Crippen molar-refractivity contribution >= 4 is 21.8 Å². The lowest BCUT2D eigenvalue weighted by atomic mass is 10.1. The summed E-state index contributed by atoms with van der Waals surface area (Å²) < 4.78 is 5.10. The Hall–Kier alpha value is -1.10. The highest BCUT2D eigenvalue weighted by atomic mass is 79.9. The van der Waals surface area contributed by atoms with Crippen LogP contribution >= 0.6 is 15.9 Å². The monoisotopic (exact) mass is 300 g/mol. The van der Waals surface area contributed by atoms with Crippen LogP contribution in [-0.2, 0) is 0 Å². The van der Waals surface area contributed by atoms with Gasteiger partial charge in [-0.15, -0.1) is 0 Å². The molecule has 1 N–H and O–H groups in total. The average Bonchev–Trinajstić information content (AvgIpc) is 2.36. The summed E-state index contributed by atoms with van der Waals surface area (Å²) in [6.07, 6.45) is 5.11. The van der Waals surface area contributed by atoms with Crippen molar-refractivity contribution in [3.63, 3.8) is 0 Å². The first-order chi connectivity index (χ1) is 8.19. The largest absolute Gasteiger partial charge is 0.494 e. The highest BCUT2D eigenvalue weighted by molar-refractivity contribution is 9.09. The lowest BCUT2D eigenvalue weighted by Gasteiger charge is -2.14. The first-order valence-corrected chi connectivity index (χ1v) is 6.66. The van der Waals surface area contributed by atoms with Crippen LogP contribution in [-0.4, -0.2) is 29.4 Å². The molecule has 0 aliphatic rings. The van der Waals surface area contributed by atoms with Gasteiger partial charge in [0.2, 0.25) is 0 Å². The zero-order valence-electron chi connectivity index (χ0n) is 10.1. The van der Waals surface area contributed by atoms with Gasteiger partial charge in [-0.1, -0.05) is 15.9 Å². The predicted octanol–water partition coefficient (Wildman–Crippen LogP) is 2.38. The van der Waals surface area contributed by atoms with Crippen LogP contribution in [0.25, 0.3) is 0 Å². The third-order valence-corrected chi connectivity index (χ3v) is 2.96. The number of alkyl halides is 1. The van der Waals surface area contributed by atoms with Gasteiger partial charge in [-0.25, -0.2) is 0 Å². The minimum atomic E-state index is -0.119. The van der Waals surface area contributed by atoms with Crippen molar-refractivity contribution < 1.29 is 9.53 Å². The molecule has 0 bridgehead atoms. The SMILES string of the molecule is COc1cnccc1C(=O)NC(C)CCCBr. The summed E-state index contributed by atoms with van der Waals surface area (Å²) in [4.78, 5) is 15.9. The van der Waals surface area contributed by atoms with Crippen LogP contribution in [0.5, 0.6) is 5.75 Å². The van der Waals surface area contributed by atoms with E-state index in [4.69, 9.17) is 4.74 Å². The van der Waals surface area contributed by atoms with Crippen molar-refractivity contribution in [1.82, 2.24) is 10.3 Å². The van der Waals surface area contributed by atoms with Gasteiger partial charge < -0.3 is 10.1 Å². The summed E-state index contributed by atoms with van der Waals surface area (Å²) in [7, 11) is 1.53. The van der Waals surface area contributed by atoms with Crippen LogP contribution in [0.3, 0.4) is 0 Å². The number of hydrogen-bond acceptors (Lipinski definition) is 3. The highest BCUT2D eigenvalue weighted by Gasteiger charge is 2.13. The molecular formula is C12H17BrN2O2. The van der Waals surface area contributed by atoms with Crippen molar-refractivity contribution in [3.05, 3.63) is 24.0 Å². The van der Waals surface area contributed by atoms with Gasteiger partial charge in [0.25, 0.3) is 5.91 Å². The molecule has 0 saturated heterocycles. The molecule has 1 aromatic heterocycles. The standard InChI is InChI=1S/C12H17BrN2O2/c1-9(4-3-6-13)15-12(16)10-5-7-14-8-11(10)17-2/h5,7-9H,3-4,6H2,1-2H3,(H,15,16). The fraction of sp³-hybridized carbons (Fsp3) is 0.500. The highest BCUT2D eigenvalue weighted by Crippen LogP contribution is 2.15. The Kier molecular flexibility index (Phi) is 5.97. The number of nitrogens with one attached hydrogen (secondary N) is 1. The fourth-order valence-corrected chi connectivity index (χ4v) is 1.81. The average molecular weight is 301 g/mol. The maximum absolute atomic E-state index is 12.0. The minimum absolute atomic E-state index is 0.119. The third kappa shape index (κ3) is 4.34. The predicted molar refractivity (Wildman–Crippen MR) is 70.7 cm³/mol. The van der Waals surface area contributed by atoms with Crippen LogP contribution in [0.4, 0.5) is 0 Å². The Labute approximate surface area is 110 Å². The van der Waals surface area contributed by atoms with Gasteiger partial charge in [0.15, 0.2) is 0 Å². The lowest BCUT2D eigenvalue weighted by molar-refractivity contribution is 0.0935. The summed E-state index contributed by atoms with van der Waals surface area (Å²) in [5.74, 6) is 0.379. The second-order valence-corrected chi connectivity index (χ2v) is 4.57. The van der Waals surface area contributed by atoms with E-state index in [1.54, 1.807) is 12.3 Å². The Morgan fingerprint density at radius 3 is 3.06 bits per heavy atom. The number of hydrogen-bond donors (Lipinski definition) is 1. The molecular weight excluding hydrogens is 284 g/mol. The second kappa shape index (κ2) is 7.27. The molecule has 1 rings (SSSR count). The minimum Gasteiger partial charge on any atom is -0.494 e. The van der Waals surface area contributed by atoms with Crippen molar-refractivity contribution in [1.29, 1.82) is 0 Å². The number of nitrogens with zero attached hydrogens (tertiary/aromatic N) is 1. The lowest BCUT2D eigenvalue weighted by Crippen LogP contribution is -2.32. The Balaban J connectivity index is 2.63. The Morgan fingerprint density at radius 2 is 2.41 bits per heavy atom. The second-order valence-electron chi connectivity index (χ2n) is 3.78. The number of methoxy groups -OCH3 is 1. The topological polar surface area (TPSA) is 51.2 Å². The first kappa shape index (κ1) is 14.0. The molecule has 0 spiro atoms. The summed E-state index contributed by atoms with van der Waals surface area (Å²) in [6, 6.07) is 1.81. The van der Waals surface area contributed by atoms with E-state index in [0.29, 0.717) is 11.3 Å². The number of halogens is 1. The zero-order valence-corrected chi connectivity index (χ0v) is 11.7. The van der Waals surface area contributed by atoms with Crippen LogP contribution in [0, 0.1) is 0 Å². The number of carbonyl (C=O) groups excluding carboxylic acids is 1. The van der Waals surface area contributed by atoms with Gasteiger partial charge in [-0.2, -0.15) is 0 Å². The molecule has 0 radical (unpaired) electrons. The molecule has 0 fully saturated rings. The van der Waals surface area contributed by atoms with E-state index in [-0.39, 0.29) is 11.9 Å². The number of aromatic nitrogens is 1. The van der Waals surface area contributed by atoms with Gasteiger partial charge in [0.1, 0.15) is 5.75 Å². The summed E-state index contributed by atoms with van der Waals surface area (Å²) >= 11 is 3.37. The molecule has 0 aliphatic carbocycles. The van der Waals surface area contributed by atoms with Crippen molar-refractivity contribution in [2.45, 2.75) is 25.8 Å². The number of rotatable bonds is 6. The first-order valence-electron chi connectivity index (χ1n) is 5.54. The molecule has 0 saturated carbocycles. The molecule has 17 heavy (non-hydrogen) atoms. The molecule has 4 nitrogen and oxygen atoms in total. The van der Waals surface area contributed by atoms with E-state index < -0.39 is 0 Å². The van der Waals surface area contributed by atoms with Gasteiger partial charge >= 0.3 is 0 Å². The van der Waals surface area contributed by atoms with E-state index >= 15 is 0 Å². The smallest absolute Gasteiger partial charge is 0.255 e. The van der Waals surface area contributed by atoms with E-state index in [1.807, 2.05) is 6.92 Å². The molecule has 1 heterocycles. The fourth-order valence-electron chi connectivity index (χ4n) is 1.49. The summed E-state index contributed by atoms with van der Waals surface area (Å²) in [6.45, 7) is 1.99. The number of amides is 1. The molecule has 1 unspecified atom stereocenters. The number of carbonyl (C=O) groups is 1. The Morgan fingerprint density at radius 1 is 1.65 bits per heavy atom. The quantitative estimate of drug-likeness (QED) is 0.821.